The van der Waals surface area contributed by atoms with E-state index in [0.717, 1.165) is 13.2 Å². The fourth-order valence-electron chi connectivity index (χ4n) is 1.26. The quantitative estimate of drug-likeness (QED) is 0.857. The van der Waals surface area contributed by atoms with E-state index in [1.807, 2.05) is 0 Å². The first kappa shape index (κ1) is 11.5. The minimum atomic E-state index is -2.76. The molecule has 0 atom stereocenters. The zero-order chi connectivity index (χ0) is 17.8. The highest BCUT2D eigenvalue weighted by atomic mass is 16.6. The van der Waals surface area contributed by atoms with Crippen molar-refractivity contribution in [2.45, 2.75) is 26.4 Å². The van der Waals surface area contributed by atoms with Crippen molar-refractivity contribution in [1.82, 2.24) is 4.98 Å². The van der Waals surface area contributed by atoms with E-state index in [1.165, 1.54) is 6.07 Å². The second kappa shape index (κ2) is 6.23. The number of ether oxygens (including phenoxy) is 3. The average Bonchev–Trinajstić information content (AvgIpc) is 2.32. The van der Waals surface area contributed by atoms with Crippen molar-refractivity contribution in [3.05, 3.63) is 17.8 Å². The zero-order valence-corrected chi connectivity index (χ0v) is 11.6. The Balaban J connectivity index is 3.08. The fraction of sp³-hybridized carbons (Fsp3) is 0.462. The maximum atomic E-state index is 11.8. The van der Waals surface area contributed by atoms with Gasteiger partial charge < -0.3 is 14.2 Å². The van der Waals surface area contributed by atoms with Crippen LogP contribution in [-0.4, -0.2) is 36.8 Å². The summed E-state index contributed by atoms with van der Waals surface area (Å²) in [5.74, 6) is -1.17. The van der Waals surface area contributed by atoms with Gasteiger partial charge in [0.2, 0.25) is 5.88 Å². The number of pyridine rings is 1. The van der Waals surface area contributed by atoms with Gasteiger partial charge in [0, 0.05) is 6.07 Å². The Bertz CT molecular complexity index is 596. The molecule has 0 aliphatic rings. The number of hydrogen-bond donors (Lipinski definition) is 1. The summed E-state index contributed by atoms with van der Waals surface area (Å²) in [6.07, 6.45) is -0.778. The van der Waals surface area contributed by atoms with Gasteiger partial charge in [0.1, 0.15) is 5.60 Å². The third-order valence-corrected chi connectivity index (χ3v) is 1.95. The second-order valence-electron chi connectivity index (χ2n) is 4.80. The van der Waals surface area contributed by atoms with Gasteiger partial charge in [0.15, 0.2) is 5.69 Å². The molecule has 0 aromatic carbocycles. The van der Waals surface area contributed by atoms with Crippen molar-refractivity contribution in [2.75, 3.05) is 19.5 Å². The van der Waals surface area contributed by atoms with E-state index in [4.69, 9.17) is 8.85 Å². The third kappa shape index (κ3) is 4.75. The first-order chi connectivity index (χ1) is 10.4. The maximum Gasteiger partial charge on any atom is 0.412 e. The molecular formula is C13H18N2O5. The Morgan fingerprint density at radius 2 is 2.05 bits per heavy atom. The second-order valence-corrected chi connectivity index (χ2v) is 4.80. The standard InChI is InChI=1S/C13H18N2O5/c1-13(2,3)20-12(17)14-8-6-9(11(16)19-5)15-10(7-8)18-4/h6-7H,1-5H3,(H,14,15,17)/i4D3. The maximum absolute atomic E-state index is 11.8. The number of methoxy groups -OCH3 is 2. The van der Waals surface area contributed by atoms with E-state index in [-0.39, 0.29) is 17.3 Å². The molecule has 0 saturated carbocycles. The minimum absolute atomic E-state index is 0.0777. The van der Waals surface area contributed by atoms with E-state index in [2.05, 4.69) is 19.8 Å². The number of esters is 1. The van der Waals surface area contributed by atoms with E-state index in [0.29, 0.717) is 0 Å². The highest BCUT2D eigenvalue weighted by Gasteiger charge is 2.18. The number of hydrogen-bond acceptors (Lipinski definition) is 6. The largest absolute Gasteiger partial charge is 0.481 e. The lowest BCUT2D eigenvalue weighted by Crippen LogP contribution is -2.27. The fourth-order valence-corrected chi connectivity index (χ4v) is 1.26. The molecule has 7 nitrogen and oxygen atoms in total. The van der Waals surface area contributed by atoms with Crippen LogP contribution >= 0.6 is 0 Å². The van der Waals surface area contributed by atoms with E-state index in [1.54, 1.807) is 20.8 Å². The van der Waals surface area contributed by atoms with Crippen LogP contribution in [0.15, 0.2) is 12.1 Å². The topological polar surface area (TPSA) is 86.8 Å². The number of rotatable bonds is 3. The third-order valence-electron chi connectivity index (χ3n) is 1.95. The Morgan fingerprint density at radius 1 is 1.35 bits per heavy atom. The van der Waals surface area contributed by atoms with E-state index < -0.39 is 24.7 Å². The van der Waals surface area contributed by atoms with Gasteiger partial charge in [-0.25, -0.2) is 14.6 Å². The molecule has 1 aromatic rings. The molecule has 0 aliphatic carbocycles. The highest BCUT2D eigenvalue weighted by molar-refractivity contribution is 5.91. The number of aromatic nitrogens is 1. The molecule has 1 amide bonds. The van der Waals surface area contributed by atoms with Gasteiger partial charge in [0.25, 0.3) is 0 Å². The molecule has 0 radical (unpaired) electrons. The molecule has 0 unspecified atom stereocenters. The molecule has 110 valence electrons. The summed E-state index contributed by atoms with van der Waals surface area (Å²) < 4.78 is 35.4. The number of nitrogens with zero attached hydrogens (tertiary/aromatic N) is 1. The molecule has 1 heterocycles. The van der Waals surface area contributed by atoms with E-state index in [9.17, 15) is 9.59 Å². The van der Waals surface area contributed by atoms with Crippen molar-refractivity contribution in [1.29, 1.82) is 0 Å². The summed E-state index contributed by atoms with van der Waals surface area (Å²) in [5.41, 5.74) is -0.866. The molecule has 0 saturated heterocycles. The van der Waals surface area contributed by atoms with E-state index >= 15 is 0 Å². The van der Waals surface area contributed by atoms with Gasteiger partial charge in [-0.05, 0) is 26.8 Å². The van der Waals surface area contributed by atoms with Crippen molar-refractivity contribution >= 4 is 17.7 Å². The van der Waals surface area contributed by atoms with Crippen LogP contribution in [0.25, 0.3) is 0 Å². The van der Waals surface area contributed by atoms with Gasteiger partial charge >= 0.3 is 12.1 Å². The minimum Gasteiger partial charge on any atom is -0.481 e. The normalized spacial score (nSPS) is 13.5. The lowest BCUT2D eigenvalue weighted by molar-refractivity contribution is 0.0589. The Kier molecular flexibility index (Phi) is 3.58. The summed E-state index contributed by atoms with van der Waals surface area (Å²) >= 11 is 0. The van der Waals surface area contributed by atoms with Crippen LogP contribution in [0, 0.1) is 0 Å². The van der Waals surface area contributed by atoms with Gasteiger partial charge in [0.05, 0.1) is 23.9 Å². The SMILES string of the molecule is [2H]C([2H])([2H])Oc1cc(NC(=O)OC(C)(C)C)cc(C(=O)OC)n1. The molecule has 0 bridgehead atoms. The lowest BCUT2D eigenvalue weighted by Gasteiger charge is -2.19. The molecule has 0 fully saturated rings. The number of nitrogens with one attached hydrogen (secondary N) is 1. The zero-order valence-electron chi connectivity index (χ0n) is 14.6. The number of amides is 1. The smallest absolute Gasteiger partial charge is 0.412 e. The monoisotopic (exact) mass is 285 g/mol. The molecular weight excluding hydrogens is 264 g/mol. The van der Waals surface area contributed by atoms with Gasteiger partial charge in [-0.1, -0.05) is 0 Å². The van der Waals surface area contributed by atoms with Crippen LogP contribution in [0.1, 0.15) is 35.4 Å². The number of carbonyl (C=O) groups is 2. The van der Waals surface area contributed by atoms with Gasteiger partial charge in [-0.3, -0.25) is 5.32 Å². The molecule has 0 aliphatic heterocycles. The van der Waals surface area contributed by atoms with Crippen LogP contribution < -0.4 is 10.1 Å². The summed E-state index contributed by atoms with van der Waals surface area (Å²) in [5, 5.41) is 2.37. The Morgan fingerprint density at radius 3 is 2.60 bits per heavy atom. The molecule has 1 N–H and O–H groups in total. The van der Waals surface area contributed by atoms with Crippen LogP contribution in [0.5, 0.6) is 5.88 Å². The summed E-state index contributed by atoms with van der Waals surface area (Å²) in [6.45, 7) is 5.05. The van der Waals surface area contributed by atoms with Crippen LogP contribution in [-0.2, 0) is 9.47 Å². The summed E-state index contributed by atoms with van der Waals surface area (Å²) in [7, 11) is -1.62. The van der Waals surface area contributed by atoms with Crippen molar-refractivity contribution in [3.63, 3.8) is 0 Å². The van der Waals surface area contributed by atoms with Gasteiger partial charge in [-0.15, -0.1) is 0 Å². The van der Waals surface area contributed by atoms with Crippen molar-refractivity contribution in [2.24, 2.45) is 0 Å². The summed E-state index contributed by atoms with van der Waals surface area (Å²) in [6, 6.07) is 2.37. The predicted molar refractivity (Wildman–Crippen MR) is 72.0 cm³/mol. The molecule has 20 heavy (non-hydrogen) atoms. The molecule has 1 rings (SSSR count). The number of carbonyl (C=O) groups excluding carboxylic acids is 2. The highest BCUT2D eigenvalue weighted by Crippen LogP contribution is 2.18. The Hall–Kier alpha value is -2.31. The first-order valence-corrected chi connectivity index (χ1v) is 5.69. The molecule has 0 spiro atoms. The summed E-state index contributed by atoms with van der Waals surface area (Å²) in [4.78, 5) is 27.0. The lowest BCUT2D eigenvalue weighted by atomic mass is 10.2. The van der Waals surface area contributed by atoms with Gasteiger partial charge in [-0.2, -0.15) is 0 Å². The van der Waals surface area contributed by atoms with Crippen molar-refractivity contribution < 1.29 is 27.9 Å². The Labute approximate surface area is 121 Å². The van der Waals surface area contributed by atoms with Crippen LogP contribution in [0.2, 0.25) is 0 Å². The predicted octanol–water partition coefficient (Wildman–Crippen LogP) is 2.22. The first-order valence-electron chi connectivity index (χ1n) is 7.19. The average molecular weight is 285 g/mol. The molecule has 1 aromatic heterocycles. The van der Waals surface area contributed by atoms with Crippen LogP contribution in [0.4, 0.5) is 10.5 Å². The van der Waals surface area contributed by atoms with Crippen molar-refractivity contribution in [3.8, 4) is 5.88 Å². The van der Waals surface area contributed by atoms with Crippen LogP contribution in [0.3, 0.4) is 0 Å². The molecule has 7 heteroatoms. The number of anilines is 1.